The van der Waals surface area contributed by atoms with Gasteiger partial charge in [-0.05, 0) is 26.7 Å². The number of allylic oxidation sites excluding steroid dienone is 2. The van der Waals surface area contributed by atoms with Crippen LogP contribution >= 0.6 is 0 Å². The number of hydrogen-bond acceptors (Lipinski definition) is 2. The first kappa shape index (κ1) is 9.04. The van der Waals surface area contributed by atoms with E-state index in [1.54, 1.807) is 0 Å². The normalized spacial score (nSPS) is 16.5. The average molecular weight is 164 g/mol. The van der Waals surface area contributed by atoms with Crippen LogP contribution in [0.3, 0.4) is 0 Å². The van der Waals surface area contributed by atoms with Crippen LogP contribution in [0.15, 0.2) is 29.0 Å². The SMILES string of the molecule is C=C(NCC)C1=NC=C(C)CC1. The van der Waals surface area contributed by atoms with Crippen LogP contribution in [0.2, 0.25) is 0 Å². The van der Waals surface area contributed by atoms with E-state index in [0.29, 0.717) is 0 Å². The fourth-order valence-corrected chi connectivity index (χ4v) is 1.18. The Kier molecular flexibility index (Phi) is 3.09. The van der Waals surface area contributed by atoms with Crippen molar-refractivity contribution in [1.29, 1.82) is 0 Å². The topological polar surface area (TPSA) is 24.4 Å². The first-order valence-corrected chi connectivity index (χ1v) is 4.39. The third-order valence-electron chi connectivity index (χ3n) is 1.94. The number of hydrogen-bond donors (Lipinski definition) is 1. The Bertz CT molecular complexity index is 236. The van der Waals surface area contributed by atoms with Gasteiger partial charge in [-0.1, -0.05) is 12.2 Å². The zero-order chi connectivity index (χ0) is 8.97. The van der Waals surface area contributed by atoms with Crippen LogP contribution in [-0.2, 0) is 0 Å². The minimum atomic E-state index is 0.917. The maximum atomic E-state index is 4.32. The van der Waals surface area contributed by atoms with Gasteiger partial charge in [-0.2, -0.15) is 0 Å². The highest BCUT2D eigenvalue weighted by Gasteiger charge is 2.07. The third-order valence-corrected chi connectivity index (χ3v) is 1.94. The second kappa shape index (κ2) is 4.10. The van der Waals surface area contributed by atoms with Crippen LogP contribution in [0.5, 0.6) is 0 Å². The molecule has 0 bridgehead atoms. The molecule has 1 heterocycles. The number of nitrogens with zero attached hydrogens (tertiary/aromatic N) is 1. The van der Waals surface area contributed by atoms with Crippen molar-refractivity contribution in [3.63, 3.8) is 0 Å². The molecule has 0 aromatic carbocycles. The summed E-state index contributed by atoms with van der Waals surface area (Å²) in [5, 5.41) is 3.18. The van der Waals surface area contributed by atoms with Crippen molar-refractivity contribution < 1.29 is 0 Å². The van der Waals surface area contributed by atoms with Crippen LogP contribution in [-0.4, -0.2) is 12.3 Å². The van der Waals surface area contributed by atoms with Crippen molar-refractivity contribution in [2.24, 2.45) is 4.99 Å². The smallest absolute Gasteiger partial charge is 0.0631 e. The molecule has 1 rings (SSSR count). The lowest BCUT2D eigenvalue weighted by Gasteiger charge is -2.13. The molecule has 0 aliphatic carbocycles. The van der Waals surface area contributed by atoms with Gasteiger partial charge >= 0.3 is 0 Å². The average Bonchev–Trinajstić information content (AvgIpc) is 2.06. The van der Waals surface area contributed by atoms with Gasteiger partial charge in [-0.15, -0.1) is 0 Å². The molecule has 0 saturated heterocycles. The lowest BCUT2D eigenvalue weighted by molar-refractivity contribution is 0.873. The molecule has 1 aliphatic rings. The van der Waals surface area contributed by atoms with E-state index in [2.05, 4.69) is 30.7 Å². The van der Waals surface area contributed by atoms with E-state index >= 15 is 0 Å². The van der Waals surface area contributed by atoms with Crippen molar-refractivity contribution in [3.8, 4) is 0 Å². The largest absolute Gasteiger partial charge is 0.384 e. The molecule has 0 aromatic rings. The molecule has 2 nitrogen and oxygen atoms in total. The second-order valence-corrected chi connectivity index (χ2v) is 3.06. The minimum absolute atomic E-state index is 0.917. The van der Waals surface area contributed by atoms with Gasteiger partial charge in [-0.3, -0.25) is 4.99 Å². The van der Waals surface area contributed by atoms with Crippen molar-refractivity contribution in [2.75, 3.05) is 6.54 Å². The van der Waals surface area contributed by atoms with Gasteiger partial charge in [0.2, 0.25) is 0 Å². The van der Waals surface area contributed by atoms with E-state index < -0.39 is 0 Å². The van der Waals surface area contributed by atoms with Crippen molar-refractivity contribution in [2.45, 2.75) is 26.7 Å². The van der Waals surface area contributed by atoms with Crippen molar-refractivity contribution in [3.05, 3.63) is 24.0 Å². The molecule has 0 radical (unpaired) electrons. The molecule has 2 heteroatoms. The minimum Gasteiger partial charge on any atom is -0.384 e. The summed E-state index contributed by atoms with van der Waals surface area (Å²) in [7, 11) is 0. The predicted octanol–water partition coefficient (Wildman–Crippen LogP) is 2.25. The van der Waals surface area contributed by atoms with Crippen LogP contribution in [0.25, 0.3) is 0 Å². The Hall–Kier alpha value is -1.05. The summed E-state index contributed by atoms with van der Waals surface area (Å²) in [5.74, 6) is 0. The third kappa shape index (κ3) is 2.22. The Morgan fingerprint density at radius 1 is 1.67 bits per heavy atom. The summed E-state index contributed by atoms with van der Waals surface area (Å²) >= 11 is 0. The molecule has 0 unspecified atom stereocenters. The molecule has 0 saturated carbocycles. The molecule has 0 atom stereocenters. The molecule has 0 spiro atoms. The van der Waals surface area contributed by atoms with Crippen molar-refractivity contribution in [1.82, 2.24) is 5.32 Å². The number of rotatable bonds is 3. The Balaban J connectivity index is 2.59. The van der Waals surface area contributed by atoms with Crippen LogP contribution in [0.1, 0.15) is 26.7 Å². The summed E-state index contributed by atoms with van der Waals surface area (Å²) < 4.78 is 0. The molecule has 66 valence electrons. The summed E-state index contributed by atoms with van der Waals surface area (Å²) in [5.41, 5.74) is 3.42. The highest BCUT2D eigenvalue weighted by Crippen LogP contribution is 2.13. The van der Waals surface area contributed by atoms with E-state index in [-0.39, 0.29) is 0 Å². The van der Waals surface area contributed by atoms with Gasteiger partial charge in [0.1, 0.15) is 0 Å². The molecule has 0 amide bonds. The summed E-state index contributed by atoms with van der Waals surface area (Å²) in [6.07, 6.45) is 4.07. The lowest BCUT2D eigenvalue weighted by Crippen LogP contribution is -2.20. The maximum absolute atomic E-state index is 4.32. The molecular formula is C10H16N2. The monoisotopic (exact) mass is 164 g/mol. The molecule has 12 heavy (non-hydrogen) atoms. The Labute approximate surface area is 74.1 Å². The summed E-state index contributed by atoms with van der Waals surface area (Å²) in [6, 6.07) is 0. The van der Waals surface area contributed by atoms with Gasteiger partial charge in [-0.25, -0.2) is 0 Å². The van der Waals surface area contributed by atoms with Gasteiger partial charge in [0, 0.05) is 18.4 Å². The maximum Gasteiger partial charge on any atom is 0.0631 e. The van der Waals surface area contributed by atoms with E-state index in [4.69, 9.17) is 0 Å². The molecule has 1 N–H and O–H groups in total. The van der Waals surface area contributed by atoms with Crippen LogP contribution in [0, 0.1) is 0 Å². The quantitative estimate of drug-likeness (QED) is 0.679. The van der Waals surface area contributed by atoms with E-state index in [1.807, 2.05) is 6.20 Å². The highest BCUT2D eigenvalue weighted by molar-refractivity contribution is 6.00. The standard InChI is InChI=1S/C10H16N2/c1-4-11-9(3)10-6-5-8(2)7-12-10/h7,11H,3-6H2,1-2H3. The number of aliphatic imine (C=N–C) groups is 1. The lowest BCUT2D eigenvalue weighted by atomic mass is 10.1. The van der Waals surface area contributed by atoms with Gasteiger partial charge in [0.05, 0.1) is 5.71 Å². The van der Waals surface area contributed by atoms with E-state index in [1.165, 1.54) is 5.57 Å². The zero-order valence-corrected chi connectivity index (χ0v) is 7.85. The fraction of sp³-hybridized carbons (Fsp3) is 0.500. The van der Waals surface area contributed by atoms with Gasteiger partial charge < -0.3 is 5.32 Å². The molecule has 1 aliphatic heterocycles. The highest BCUT2D eigenvalue weighted by atomic mass is 14.9. The molecule has 0 aromatic heterocycles. The molecular weight excluding hydrogens is 148 g/mol. The van der Waals surface area contributed by atoms with E-state index in [9.17, 15) is 0 Å². The van der Waals surface area contributed by atoms with E-state index in [0.717, 1.165) is 30.8 Å². The first-order chi connectivity index (χ1) is 5.74. The predicted molar refractivity (Wildman–Crippen MR) is 53.2 cm³/mol. The fourth-order valence-electron chi connectivity index (χ4n) is 1.18. The number of nitrogens with one attached hydrogen (secondary N) is 1. The summed E-state index contributed by atoms with van der Waals surface area (Å²) in [4.78, 5) is 4.32. The van der Waals surface area contributed by atoms with Gasteiger partial charge in [0.15, 0.2) is 0 Å². The Morgan fingerprint density at radius 2 is 2.42 bits per heavy atom. The molecule has 0 fully saturated rings. The van der Waals surface area contributed by atoms with Crippen LogP contribution < -0.4 is 5.32 Å². The van der Waals surface area contributed by atoms with Crippen molar-refractivity contribution >= 4 is 5.71 Å². The Morgan fingerprint density at radius 3 is 2.92 bits per heavy atom. The van der Waals surface area contributed by atoms with Crippen LogP contribution in [0.4, 0.5) is 0 Å². The second-order valence-electron chi connectivity index (χ2n) is 3.06. The van der Waals surface area contributed by atoms with Gasteiger partial charge in [0.25, 0.3) is 0 Å². The first-order valence-electron chi connectivity index (χ1n) is 4.39. The summed E-state index contributed by atoms with van der Waals surface area (Å²) in [6.45, 7) is 9.01. The zero-order valence-electron chi connectivity index (χ0n) is 7.85.